The first-order valence-corrected chi connectivity index (χ1v) is 13.5. The number of pyridine rings is 1. The second kappa shape index (κ2) is 9.46. The number of carbonyl (C=O) groups is 1. The lowest BCUT2D eigenvalue weighted by molar-refractivity contribution is -0.137. The highest BCUT2D eigenvalue weighted by molar-refractivity contribution is 6.21. The van der Waals surface area contributed by atoms with Gasteiger partial charge in [0, 0.05) is 24.5 Å². The third kappa shape index (κ3) is 4.32. The van der Waals surface area contributed by atoms with Gasteiger partial charge >= 0.3 is 6.18 Å². The molecule has 1 amide bonds. The quantitative estimate of drug-likeness (QED) is 0.329. The Morgan fingerprint density at radius 1 is 1.00 bits per heavy atom. The molecular weight excluding hydrogens is 531 g/mol. The van der Waals surface area contributed by atoms with Crippen molar-refractivity contribution in [3.05, 3.63) is 89.6 Å². The molecule has 0 bridgehead atoms. The van der Waals surface area contributed by atoms with Crippen LogP contribution >= 0.6 is 0 Å². The highest BCUT2D eigenvalue weighted by Crippen LogP contribution is 2.43. The molecule has 2 atom stereocenters. The molecule has 1 saturated carbocycles. The Kier molecular flexibility index (Phi) is 5.84. The number of amides is 1. The second-order valence-corrected chi connectivity index (χ2v) is 10.6. The van der Waals surface area contributed by atoms with E-state index >= 15 is 0 Å². The molecule has 2 aromatic heterocycles. The molecule has 0 radical (unpaired) electrons. The predicted octanol–water partition coefficient (Wildman–Crippen LogP) is 5.94. The Labute approximate surface area is 234 Å². The summed E-state index contributed by atoms with van der Waals surface area (Å²) >= 11 is 0. The van der Waals surface area contributed by atoms with Crippen molar-refractivity contribution in [2.24, 2.45) is 4.99 Å². The molecule has 1 fully saturated rings. The molecule has 7 rings (SSSR count). The lowest BCUT2D eigenvalue weighted by Crippen LogP contribution is -2.51. The summed E-state index contributed by atoms with van der Waals surface area (Å²) in [6.07, 6.45) is -0.505. The third-order valence-corrected chi connectivity index (χ3v) is 7.96. The number of anilines is 3. The van der Waals surface area contributed by atoms with Gasteiger partial charge in [-0.15, -0.1) is 0 Å². The van der Waals surface area contributed by atoms with Crippen molar-refractivity contribution in [2.45, 2.75) is 44.1 Å². The van der Waals surface area contributed by atoms with E-state index in [9.17, 15) is 18.0 Å². The fraction of sp³-hybridized carbons (Fsp3) is 0.267. The summed E-state index contributed by atoms with van der Waals surface area (Å²) in [5, 5.41) is 8.41. The average Bonchev–Trinajstić information content (AvgIpc) is 3.66. The van der Waals surface area contributed by atoms with Gasteiger partial charge in [0.05, 0.1) is 29.9 Å². The number of rotatable bonds is 5. The number of hydrogen-bond acceptors (Lipinski definition) is 6. The minimum absolute atomic E-state index is 0.160. The first-order valence-electron chi connectivity index (χ1n) is 13.5. The molecule has 2 aliphatic heterocycles. The molecule has 1 N–H and O–H groups in total. The van der Waals surface area contributed by atoms with E-state index in [1.54, 1.807) is 16.6 Å². The third-order valence-electron chi connectivity index (χ3n) is 7.96. The second-order valence-electron chi connectivity index (χ2n) is 10.6. The lowest BCUT2D eigenvalue weighted by Gasteiger charge is -2.34. The average molecular weight is 558 g/mol. The van der Waals surface area contributed by atoms with Crippen LogP contribution in [0.3, 0.4) is 0 Å². The van der Waals surface area contributed by atoms with Crippen molar-refractivity contribution in [1.82, 2.24) is 19.7 Å². The van der Waals surface area contributed by atoms with E-state index in [1.807, 2.05) is 54.6 Å². The van der Waals surface area contributed by atoms with E-state index in [0.29, 0.717) is 41.0 Å². The number of aliphatic imine (C=N–C) groups is 1. The largest absolute Gasteiger partial charge is 0.417 e. The molecule has 2 unspecified atom stereocenters. The molecular formula is C30H26F3N7O. The molecule has 8 nitrogen and oxygen atoms in total. The monoisotopic (exact) mass is 557 g/mol. The number of fused-ring (bicyclic) bond motifs is 5. The molecule has 11 heteroatoms. The summed E-state index contributed by atoms with van der Waals surface area (Å²) in [6.45, 7) is 0.369. The molecule has 41 heavy (non-hydrogen) atoms. The van der Waals surface area contributed by atoms with Crippen LogP contribution in [0.15, 0.2) is 77.9 Å². The predicted molar refractivity (Wildman–Crippen MR) is 149 cm³/mol. The van der Waals surface area contributed by atoms with Gasteiger partial charge in [0.15, 0.2) is 5.82 Å². The summed E-state index contributed by atoms with van der Waals surface area (Å²) in [5.74, 6) is 1.70. The van der Waals surface area contributed by atoms with E-state index in [-0.39, 0.29) is 18.0 Å². The van der Waals surface area contributed by atoms with Gasteiger partial charge in [0.2, 0.25) is 5.96 Å². The van der Waals surface area contributed by atoms with Crippen molar-refractivity contribution in [3.63, 3.8) is 0 Å². The summed E-state index contributed by atoms with van der Waals surface area (Å²) < 4.78 is 40.6. The van der Waals surface area contributed by atoms with Gasteiger partial charge in [-0.05, 0) is 49.1 Å². The molecule has 4 heterocycles. The zero-order valence-electron chi connectivity index (χ0n) is 22.1. The van der Waals surface area contributed by atoms with Gasteiger partial charge in [-0.1, -0.05) is 42.5 Å². The highest BCUT2D eigenvalue weighted by Gasteiger charge is 2.49. The van der Waals surface area contributed by atoms with Crippen LogP contribution in [0.1, 0.15) is 40.7 Å². The first-order chi connectivity index (χ1) is 19.8. The van der Waals surface area contributed by atoms with Gasteiger partial charge in [-0.2, -0.15) is 18.3 Å². The Morgan fingerprint density at radius 2 is 1.78 bits per heavy atom. The van der Waals surface area contributed by atoms with E-state index in [2.05, 4.69) is 15.2 Å². The molecule has 3 aliphatic rings. The zero-order chi connectivity index (χ0) is 28.3. The number of benzene rings is 2. The Hall–Kier alpha value is -4.67. The van der Waals surface area contributed by atoms with Gasteiger partial charge in [0.1, 0.15) is 11.4 Å². The maximum absolute atomic E-state index is 13.7. The van der Waals surface area contributed by atoms with Crippen LogP contribution in [0.4, 0.5) is 30.5 Å². The number of nitrogens with one attached hydrogen (secondary N) is 1. The number of guanidine groups is 1. The molecule has 0 saturated heterocycles. The normalized spacial score (nSPS) is 19.6. The number of halogens is 3. The van der Waals surface area contributed by atoms with Crippen LogP contribution in [-0.4, -0.2) is 50.7 Å². The van der Waals surface area contributed by atoms with E-state index in [0.717, 1.165) is 42.8 Å². The summed E-state index contributed by atoms with van der Waals surface area (Å²) in [5.41, 5.74) is 2.61. The van der Waals surface area contributed by atoms with Crippen molar-refractivity contribution in [1.29, 1.82) is 0 Å². The van der Waals surface area contributed by atoms with Crippen LogP contribution in [0.2, 0.25) is 0 Å². The highest BCUT2D eigenvalue weighted by atomic mass is 19.4. The van der Waals surface area contributed by atoms with Crippen LogP contribution in [0, 0.1) is 0 Å². The van der Waals surface area contributed by atoms with Crippen LogP contribution in [0.5, 0.6) is 0 Å². The molecule has 208 valence electrons. The van der Waals surface area contributed by atoms with Crippen LogP contribution in [0.25, 0.3) is 11.3 Å². The Bertz CT molecular complexity index is 1650. The topological polar surface area (TPSA) is 78.7 Å². The Balaban J connectivity index is 1.24. The summed E-state index contributed by atoms with van der Waals surface area (Å²) in [4.78, 5) is 26.3. The molecule has 1 aliphatic carbocycles. The number of aromatic nitrogens is 3. The van der Waals surface area contributed by atoms with Gasteiger partial charge < -0.3 is 5.32 Å². The number of nitrogens with zero attached hydrogens (tertiary/aromatic N) is 6. The fourth-order valence-electron chi connectivity index (χ4n) is 5.89. The Morgan fingerprint density at radius 3 is 2.49 bits per heavy atom. The van der Waals surface area contributed by atoms with Crippen LogP contribution < -0.4 is 10.2 Å². The van der Waals surface area contributed by atoms with Gasteiger partial charge in [-0.25, -0.2) is 9.67 Å². The standard InChI is InChI=1S/C30H26F3N7O/c1-38-28(41)25-26(35-21-6-3-2-4-7-21)39(37-27(25)40-24-9-5-8-23(24)36-29(38)40)17-18-10-12-19(13-11-18)22-15-14-20(16-34-22)30(31,32)33/h2-4,6-7,10-16,23-24,35H,5,8-9,17H2,1H3. The summed E-state index contributed by atoms with van der Waals surface area (Å²) in [6, 6.07) is 19.8. The number of alkyl halides is 3. The number of para-hydroxylation sites is 1. The number of hydrogen-bond donors (Lipinski definition) is 1. The smallest absolute Gasteiger partial charge is 0.340 e. The van der Waals surface area contributed by atoms with Crippen molar-refractivity contribution >= 4 is 29.2 Å². The molecule has 0 spiro atoms. The van der Waals surface area contributed by atoms with E-state index in [1.165, 1.54) is 6.07 Å². The van der Waals surface area contributed by atoms with Crippen molar-refractivity contribution in [3.8, 4) is 11.3 Å². The maximum atomic E-state index is 13.7. The number of carbonyl (C=O) groups excluding carboxylic acids is 1. The lowest BCUT2D eigenvalue weighted by atomic mass is 10.1. The van der Waals surface area contributed by atoms with Crippen LogP contribution in [-0.2, 0) is 12.7 Å². The molecule has 4 aromatic rings. The van der Waals surface area contributed by atoms with E-state index in [4.69, 9.17) is 10.1 Å². The fourth-order valence-corrected chi connectivity index (χ4v) is 5.89. The molecule has 2 aromatic carbocycles. The van der Waals surface area contributed by atoms with Crippen molar-refractivity contribution in [2.75, 3.05) is 17.3 Å². The van der Waals surface area contributed by atoms with E-state index < -0.39 is 11.7 Å². The SMILES string of the molecule is CN1C(=O)c2c(nn(Cc3ccc(-c4ccc(C(F)(F)F)cn4)cc3)c2Nc2ccccc2)N2C1=NC1CCCC12. The maximum Gasteiger partial charge on any atom is 0.417 e. The first kappa shape index (κ1) is 25.3. The van der Waals surface area contributed by atoms with Gasteiger partial charge in [0.25, 0.3) is 5.91 Å². The summed E-state index contributed by atoms with van der Waals surface area (Å²) in [7, 11) is 1.76. The van der Waals surface area contributed by atoms with Gasteiger partial charge in [-0.3, -0.25) is 19.6 Å². The van der Waals surface area contributed by atoms with Crippen molar-refractivity contribution < 1.29 is 18.0 Å². The minimum atomic E-state index is -4.43. The zero-order valence-corrected chi connectivity index (χ0v) is 22.1. The minimum Gasteiger partial charge on any atom is -0.340 e.